The summed E-state index contributed by atoms with van der Waals surface area (Å²) in [4.78, 5) is 18.0. The third kappa shape index (κ3) is 2.39. The highest BCUT2D eigenvalue weighted by Gasteiger charge is 2.42. The van der Waals surface area contributed by atoms with Gasteiger partial charge in [-0.1, -0.05) is 13.3 Å². The molecule has 2 aliphatic rings. The quantitative estimate of drug-likeness (QED) is 0.910. The Hall–Kier alpha value is -1.59. The third-order valence-electron chi connectivity index (χ3n) is 4.69. The molecule has 1 aromatic heterocycles. The van der Waals surface area contributed by atoms with Crippen molar-refractivity contribution in [2.24, 2.45) is 11.8 Å². The molecule has 3 rings (SSSR count). The molecule has 1 aromatic rings. The van der Waals surface area contributed by atoms with Gasteiger partial charge in [0.25, 0.3) is 5.95 Å². The summed E-state index contributed by atoms with van der Waals surface area (Å²) in [6.07, 6.45) is 4.88. The molecule has 0 radical (unpaired) electrons. The van der Waals surface area contributed by atoms with Gasteiger partial charge in [0.2, 0.25) is 5.89 Å². The van der Waals surface area contributed by atoms with Crippen LogP contribution in [-0.2, 0) is 4.79 Å². The first kappa shape index (κ1) is 13.4. The third-order valence-corrected chi connectivity index (χ3v) is 4.69. The van der Waals surface area contributed by atoms with Crippen LogP contribution in [0.5, 0.6) is 0 Å². The first-order valence-electron chi connectivity index (χ1n) is 7.50. The molecule has 20 heavy (non-hydrogen) atoms. The van der Waals surface area contributed by atoms with E-state index in [9.17, 15) is 9.90 Å². The smallest absolute Gasteiger partial charge is 0.307 e. The Labute approximate surface area is 118 Å². The number of hydrogen-bond acceptors (Lipinski definition) is 5. The largest absolute Gasteiger partial charge is 0.481 e. The summed E-state index contributed by atoms with van der Waals surface area (Å²) in [7, 11) is 0. The second-order valence-corrected chi connectivity index (χ2v) is 5.92. The lowest BCUT2D eigenvalue weighted by atomic mass is 9.96. The van der Waals surface area contributed by atoms with Gasteiger partial charge in [0.05, 0.1) is 11.8 Å². The Morgan fingerprint density at radius 2 is 2.15 bits per heavy atom. The van der Waals surface area contributed by atoms with Gasteiger partial charge in [-0.25, -0.2) is 0 Å². The summed E-state index contributed by atoms with van der Waals surface area (Å²) in [6.45, 7) is 4.03. The van der Waals surface area contributed by atoms with Crippen molar-refractivity contribution in [3.05, 3.63) is 5.89 Å². The monoisotopic (exact) mass is 279 g/mol. The summed E-state index contributed by atoms with van der Waals surface area (Å²) >= 11 is 0. The molecule has 0 spiro atoms. The lowest BCUT2D eigenvalue weighted by molar-refractivity contribution is -0.142. The average Bonchev–Trinajstić information content (AvgIpc) is 3.17. The lowest BCUT2D eigenvalue weighted by Gasteiger charge is -2.11. The van der Waals surface area contributed by atoms with Crippen molar-refractivity contribution in [1.29, 1.82) is 0 Å². The zero-order valence-corrected chi connectivity index (χ0v) is 11.8. The molecule has 0 aromatic carbocycles. The second-order valence-electron chi connectivity index (χ2n) is 5.92. The van der Waals surface area contributed by atoms with Crippen LogP contribution in [0.3, 0.4) is 0 Å². The van der Waals surface area contributed by atoms with Gasteiger partial charge >= 0.3 is 5.97 Å². The van der Waals surface area contributed by atoms with Crippen LogP contribution in [0.1, 0.15) is 50.8 Å². The molecular weight excluding hydrogens is 258 g/mol. The Kier molecular flexibility index (Phi) is 3.63. The van der Waals surface area contributed by atoms with Crippen LogP contribution in [0, 0.1) is 11.8 Å². The molecule has 110 valence electrons. The molecular formula is C14H21N3O3. The first-order valence-corrected chi connectivity index (χ1v) is 7.50. The molecule has 6 heteroatoms. The molecule has 1 saturated heterocycles. The maximum absolute atomic E-state index is 11.4. The molecule has 1 aliphatic heterocycles. The Morgan fingerprint density at radius 1 is 1.40 bits per heavy atom. The molecule has 1 saturated carbocycles. The highest BCUT2D eigenvalue weighted by atomic mass is 16.5. The molecule has 2 heterocycles. The van der Waals surface area contributed by atoms with E-state index >= 15 is 0 Å². The number of carboxylic acids is 1. The molecule has 2 fully saturated rings. The van der Waals surface area contributed by atoms with E-state index in [4.69, 9.17) is 4.52 Å². The van der Waals surface area contributed by atoms with Crippen molar-refractivity contribution in [1.82, 2.24) is 10.1 Å². The Morgan fingerprint density at radius 3 is 2.80 bits per heavy atom. The van der Waals surface area contributed by atoms with Gasteiger partial charge in [0.15, 0.2) is 0 Å². The van der Waals surface area contributed by atoms with Gasteiger partial charge in [-0.15, -0.1) is 0 Å². The highest BCUT2D eigenvalue weighted by molar-refractivity contribution is 5.71. The van der Waals surface area contributed by atoms with E-state index in [0.717, 1.165) is 45.2 Å². The van der Waals surface area contributed by atoms with Crippen LogP contribution in [0.15, 0.2) is 4.52 Å². The summed E-state index contributed by atoms with van der Waals surface area (Å²) in [5.41, 5.74) is 0. The molecule has 6 nitrogen and oxygen atoms in total. The van der Waals surface area contributed by atoms with Gasteiger partial charge in [-0.3, -0.25) is 4.79 Å². The SMILES string of the molecule is CCC1CC(C(=O)O)C(c2nc(N3CCCC3)no2)C1. The number of hydrogen-bond donors (Lipinski definition) is 1. The minimum absolute atomic E-state index is 0.124. The standard InChI is InChI=1S/C14H21N3O3/c1-2-9-7-10(11(8-9)13(18)19)12-15-14(16-20-12)17-5-3-4-6-17/h9-11H,2-8H2,1H3,(H,18,19). The highest BCUT2D eigenvalue weighted by Crippen LogP contribution is 2.44. The normalized spacial score (nSPS) is 30.1. The van der Waals surface area contributed by atoms with Crippen LogP contribution >= 0.6 is 0 Å². The Bertz CT molecular complexity index is 482. The number of carboxylic acid groups (broad SMARTS) is 1. The molecule has 3 unspecified atom stereocenters. The topological polar surface area (TPSA) is 79.5 Å². The number of nitrogens with zero attached hydrogens (tertiary/aromatic N) is 3. The molecule has 0 bridgehead atoms. The summed E-state index contributed by atoms with van der Waals surface area (Å²) in [5.74, 6) is 0.333. The summed E-state index contributed by atoms with van der Waals surface area (Å²) in [5, 5.41) is 13.4. The van der Waals surface area contributed by atoms with Crippen LogP contribution in [0.4, 0.5) is 5.95 Å². The van der Waals surface area contributed by atoms with Crippen LogP contribution in [0.2, 0.25) is 0 Å². The molecule has 0 amide bonds. The van der Waals surface area contributed by atoms with Gasteiger partial charge in [0.1, 0.15) is 0 Å². The second kappa shape index (κ2) is 5.42. The number of carbonyl (C=O) groups is 1. The van der Waals surface area contributed by atoms with Gasteiger partial charge < -0.3 is 14.5 Å². The van der Waals surface area contributed by atoms with Crippen molar-refractivity contribution < 1.29 is 14.4 Å². The molecule has 1 aliphatic carbocycles. The first-order chi connectivity index (χ1) is 9.69. The molecule has 1 N–H and O–H groups in total. The van der Waals surface area contributed by atoms with E-state index in [1.807, 2.05) is 0 Å². The predicted molar refractivity (Wildman–Crippen MR) is 72.6 cm³/mol. The minimum atomic E-state index is -0.744. The van der Waals surface area contributed by atoms with Crippen LogP contribution in [-0.4, -0.2) is 34.3 Å². The maximum Gasteiger partial charge on any atom is 0.307 e. The predicted octanol–water partition coefficient (Wildman–Crippen LogP) is 2.27. The van der Waals surface area contributed by atoms with E-state index in [-0.39, 0.29) is 11.8 Å². The zero-order valence-electron chi connectivity index (χ0n) is 11.8. The Balaban J connectivity index is 1.78. The lowest BCUT2D eigenvalue weighted by Crippen LogP contribution is -2.20. The number of anilines is 1. The van der Waals surface area contributed by atoms with E-state index in [0.29, 0.717) is 17.8 Å². The van der Waals surface area contributed by atoms with Crippen molar-refractivity contribution >= 4 is 11.9 Å². The van der Waals surface area contributed by atoms with Gasteiger partial charge in [-0.2, -0.15) is 4.98 Å². The van der Waals surface area contributed by atoms with Crippen molar-refractivity contribution in [2.45, 2.75) is 44.9 Å². The average molecular weight is 279 g/mol. The number of rotatable bonds is 4. The van der Waals surface area contributed by atoms with Gasteiger partial charge in [-0.05, 0) is 36.8 Å². The summed E-state index contributed by atoms with van der Waals surface area (Å²) < 4.78 is 5.37. The fourth-order valence-corrected chi connectivity index (χ4v) is 3.45. The van der Waals surface area contributed by atoms with E-state index < -0.39 is 5.97 Å². The number of aromatic nitrogens is 2. The van der Waals surface area contributed by atoms with E-state index in [2.05, 4.69) is 22.0 Å². The van der Waals surface area contributed by atoms with Crippen LogP contribution < -0.4 is 4.90 Å². The zero-order chi connectivity index (χ0) is 14.1. The molecule has 3 atom stereocenters. The van der Waals surface area contributed by atoms with Crippen molar-refractivity contribution in [3.8, 4) is 0 Å². The van der Waals surface area contributed by atoms with E-state index in [1.165, 1.54) is 0 Å². The summed E-state index contributed by atoms with van der Waals surface area (Å²) in [6, 6.07) is 0. The van der Waals surface area contributed by atoms with E-state index in [1.54, 1.807) is 0 Å². The van der Waals surface area contributed by atoms with Crippen molar-refractivity contribution in [2.75, 3.05) is 18.0 Å². The van der Waals surface area contributed by atoms with Crippen molar-refractivity contribution in [3.63, 3.8) is 0 Å². The fourth-order valence-electron chi connectivity index (χ4n) is 3.45. The van der Waals surface area contributed by atoms with Gasteiger partial charge in [0, 0.05) is 13.1 Å². The maximum atomic E-state index is 11.4. The fraction of sp³-hybridized carbons (Fsp3) is 0.786. The number of aliphatic carboxylic acids is 1. The minimum Gasteiger partial charge on any atom is -0.481 e. The van der Waals surface area contributed by atoms with Crippen LogP contribution in [0.25, 0.3) is 0 Å².